The van der Waals surface area contributed by atoms with Gasteiger partial charge in [-0.3, -0.25) is 14.4 Å². The molecule has 2 aromatic carbocycles. The Bertz CT molecular complexity index is 955. The van der Waals surface area contributed by atoms with Gasteiger partial charge in [-0.15, -0.1) is 0 Å². The van der Waals surface area contributed by atoms with E-state index in [0.717, 1.165) is 12.8 Å². The van der Waals surface area contributed by atoms with E-state index in [-0.39, 0.29) is 17.7 Å². The van der Waals surface area contributed by atoms with Crippen molar-refractivity contribution in [3.63, 3.8) is 0 Å². The number of ether oxygens (including phenoxy) is 2. The molecule has 32 heavy (non-hydrogen) atoms. The number of nitrogens with zero attached hydrogens (tertiary/aromatic N) is 1. The molecule has 0 aromatic heterocycles. The normalized spacial score (nSPS) is 15.0. The van der Waals surface area contributed by atoms with Crippen LogP contribution < -0.4 is 14.8 Å². The molecule has 0 radical (unpaired) electrons. The predicted molar refractivity (Wildman–Crippen MR) is 121 cm³/mol. The second-order valence-electron chi connectivity index (χ2n) is 7.82. The summed E-state index contributed by atoms with van der Waals surface area (Å²) in [5.41, 5.74) is 0.490. The van der Waals surface area contributed by atoms with Gasteiger partial charge < -0.3 is 19.7 Å². The zero-order chi connectivity index (χ0) is 23.1. The van der Waals surface area contributed by atoms with Gasteiger partial charge in [0, 0.05) is 37.1 Å². The summed E-state index contributed by atoms with van der Waals surface area (Å²) in [7, 11) is 0. The summed E-state index contributed by atoms with van der Waals surface area (Å²) in [6.45, 7) is 4.77. The molecular weight excluding hydrogens is 432 g/mol. The van der Waals surface area contributed by atoms with Gasteiger partial charge in [-0.2, -0.15) is 0 Å². The van der Waals surface area contributed by atoms with Crippen LogP contribution in [-0.2, 0) is 9.59 Å². The van der Waals surface area contributed by atoms with Gasteiger partial charge in [0.25, 0.3) is 11.8 Å². The lowest BCUT2D eigenvalue weighted by molar-refractivity contribution is -0.132. The molecule has 1 aliphatic rings. The van der Waals surface area contributed by atoms with E-state index in [1.165, 1.54) is 6.92 Å². The van der Waals surface area contributed by atoms with Crippen molar-refractivity contribution in [2.45, 2.75) is 32.8 Å². The third-order valence-corrected chi connectivity index (χ3v) is 5.56. The second kappa shape index (κ2) is 11.0. The quantitative estimate of drug-likeness (QED) is 0.505. The maximum absolute atomic E-state index is 12.8. The van der Waals surface area contributed by atoms with Gasteiger partial charge >= 0.3 is 5.97 Å². The van der Waals surface area contributed by atoms with Crippen LogP contribution in [0.3, 0.4) is 0 Å². The molecular formula is C24H27ClN2O5. The van der Waals surface area contributed by atoms with Gasteiger partial charge in [0.2, 0.25) is 0 Å². The maximum Gasteiger partial charge on any atom is 0.308 e. The minimum Gasteiger partial charge on any atom is -0.481 e. The third-order valence-electron chi connectivity index (χ3n) is 5.31. The number of halogens is 1. The number of piperidine rings is 1. The molecule has 2 aromatic rings. The van der Waals surface area contributed by atoms with Crippen molar-refractivity contribution in [3.8, 4) is 11.5 Å². The van der Waals surface area contributed by atoms with Crippen molar-refractivity contribution in [2.75, 3.05) is 19.6 Å². The SMILES string of the molecule is CC(=O)Oc1cccc(C(=O)N2CCC(CNC(=O)C(C)Oc3ccc(Cl)cc3)CC2)c1. The average Bonchev–Trinajstić information content (AvgIpc) is 2.78. The number of rotatable bonds is 7. The molecule has 0 saturated carbocycles. The number of carbonyl (C=O) groups excluding carboxylic acids is 3. The summed E-state index contributed by atoms with van der Waals surface area (Å²) in [4.78, 5) is 38.1. The summed E-state index contributed by atoms with van der Waals surface area (Å²) in [5, 5.41) is 3.55. The lowest BCUT2D eigenvalue weighted by Gasteiger charge is -2.32. The zero-order valence-corrected chi connectivity index (χ0v) is 18.9. The highest BCUT2D eigenvalue weighted by Crippen LogP contribution is 2.21. The van der Waals surface area contributed by atoms with Gasteiger partial charge in [-0.05, 0) is 68.1 Å². The first-order chi connectivity index (χ1) is 15.3. The number of hydrogen-bond acceptors (Lipinski definition) is 5. The molecule has 1 unspecified atom stereocenters. The Labute approximate surface area is 192 Å². The van der Waals surface area contributed by atoms with E-state index in [1.54, 1.807) is 60.4 Å². The third kappa shape index (κ3) is 6.72. The first kappa shape index (κ1) is 23.6. The monoisotopic (exact) mass is 458 g/mol. The molecule has 0 aliphatic carbocycles. The van der Waals surface area contributed by atoms with E-state index in [1.807, 2.05) is 0 Å². The number of hydrogen-bond donors (Lipinski definition) is 1. The fourth-order valence-electron chi connectivity index (χ4n) is 3.54. The summed E-state index contributed by atoms with van der Waals surface area (Å²) in [6, 6.07) is 13.5. The number of amides is 2. The summed E-state index contributed by atoms with van der Waals surface area (Å²) >= 11 is 5.86. The highest BCUT2D eigenvalue weighted by atomic mass is 35.5. The van der Waals surface area contributed by atoms with Gasteiger partial charge in [0.1, 0.15) is 11.5 Å². The predicted octanol–water partition coefficient (Wildman–Crippen LogP) is 3.70. The van der Waals surface area contributed by atoms with Crippen molar-refractivity contribution < 1.29 is 23.9 Å². The van der Waals surface area contributed by atoms with E-state index in [4.69, 9.17) is 21.1 Å². The largest absolute Gasteiger partial charge is 0.481 e. The van der Waals surface area contributed by atoms with Crippen LogP contribution in [0.4, 0.5) is 0 Å². The van der Waals surface area contributed by atoms with Crippen LogP contribution in [0.15, 0.2) is 48.5 Å². The number of benzene rings is 2. The Balaban J connectivity index is 1.43. The number of esters is 1. The Morgan fingerprint density at radius 1 is 1.09 bits per heavy atom. The molecule has 1 aliphatic heterocycles. The molecule has 2 amide bonds. The first-order valence-electron chi connectivity index (χ1n) is 10.6. The molecule has 1 N–H and O–H groups in total. The first-order valence-corrected chi connectivity index (χ1v) is 11.0. The van der Waals surface area contributed by atoms with Crippen molar-refractivity contribution in [1.82, 2.24) is 10.2 Å². The van der Waals surface area contributed by atoms with Crippen LogP contribution in [0.5, 0.6) is 11.5 Å². The van der Waals surface area contributed by atoms with Crippen LogP contribution in [-0.4, -0.2) is 48.4 Å². The Kier molecular flexibility index (Phi) is 8.11. The average molecular weight is 459 g/mol. The number of nitrogens with one attached hydrogen (secondary N) is 1. The zero-order valence-electron chi connectivity index (χ0n) is 18.2. The Hall–Kier alpha value is -3.06. The lowest BCUT2D eigenvalue weighted by atomic mass is 9.96. The number of likely N-dealkylation sites (tertiary alicyclic amines) is 1. The van der Waals surface area contributed by atoms with Crippen LogP contribution in [0.25, 0.3) is 0 Å². The fourth-order valence-corrected chi connectivity index (χ4v) is 3.67. The number of carbonyl (C=O) groups is 3. The summed E-state index contributed by atoms with van der Waals surface area (Å²) in [5.74, 6) is 0.535. The molecule has 1 saturated heterocycles. The highest BCUT2D eigenvalue weighted by Gasteiger charge is 2.25. The molecule has 7 nitrogen and oxygen atoms in total. The van der Waals surface area contributed by atoms with Crippen LogP contribution in [0, 0.1) is 5.92 Å². The molecule has 0 spiro atoms. The van der Waals surface area contributed by atoms with Crippen LogP contribution in [0.1, 0.15) is 37.0 Å². The molecule has 3 rings (SSSR count). The molecule has 170 valence electrons. The highest BCUT2D eigenvalue weighted by molar-refractivity contribution is 6.30. The molecule has 8 heteroatoms. The molecule has 1 atom stereocenters. The van der Waals surface area contributed by atoms with Gasteiger partial charge in [0.15, 0.2) is 6.10 Å². The van der Waals surface area contributed by atoms with Crippen LogP contribution in [0.2, 0.25) is 5.02 Å². The Morgan fingerprint density at radius 2 is 1.78 bits per heavy atom. The lowest BCUT2D eigenvalue weighted by Crippen LogP contribution is -2.43. The maximum atomic E-state index is 12.8. The van der Waals surface area contributed by atoms with Crippen molar-refractivity contribution in [1.29, 1.82) is 0 Å². The standard InChI is InChI=1S/C24H27ClN2O5/c1-16(31-21-8-6-20(25)7-9-21)23(29)26-15-18-10-12-27(13-11-18)24(30)19-4-3-5-22(14-19)32-17(2)28/h3-9,14,16,18H,10-13,15H2,1-2H3,(H,26,29). The van der Waals surface area contributed by atoms with E-state index < -0.39 is 12.1 Å². The summed E-state index contributed by atoms with van der Waals surface area (Å²) < 4.78 is 10.7. The molecule has 1 heterocycles. The van der Waals surface area contributed by atoms with Crippen molar-refractivity contribution >= 4 is 29.4 Å². The smallest absolute Gasteiger partial charge is 0.308 e. The minimum absolute atomic E-state index is 0.0912. The molecule has 1 fully saturated rings. The van der Waals surface area contributed by atoms with Crippen molar-refractivity contribution in [2.24, 2.45) is 5.92 Å². The topological polar surface area (TPSA) is 84.9 Å². The van der Waals surface area contributed by atoms with Gasteiger partial charge in [-0.25, -0.2) is 0 Å². The van der Waals surface area contributed by atoms with E-state index in [2.05, 4.69) is 5.32 Å². The van der Waals surface area contributed by atoms with E-state index >= 15 is 0 Å². The fraction of sp³-hybridized carbons (Fsp3) is 0.375. The Morgan fingerprint density at radius 3 is 2.44 bits per heavy atom. The summed E-state index contributed by atoms with van der Waals surface area (Å²) in [6.07, 6.45) is 0.965. The van der Waals surface area contributed by atoms with Gasteiger partial charge in [-0.1, -0.05) is 17.7 Å². The van der Waals surface area contributed by atoms with E-state index in [9.17, 15) is 14.4 Å². The minimum atomic E-state index is -0.623. The second-order valence-corrected chi connectivity index (χ2v) is 8.25. The van der Waals surface area contributed by atoms with Crippen LogP contribution >= 0.6 is 11.6 Å². The van der Waals surface area contributed by atoms with E-state index in [0.29, 0.717) is 41.7 Å². The van der Waals surface area contributed by atoms with Crippen molar-refractivity contribution in [3.05, 3.63) is 59.1 Å². The van der Waals surface area contributed by atoms with Gasteiger partial charge in [0.05, 0.1) is 0 Å². The molecule has 0 bridgehead atoms.